The Morgan fingerprint density at radius 3 is 2.41 bits per heavy atom. The van der Waals surface area contributed by atoms with Gasteiger partial charge in [0.15, 0.2) is 0 Å². The van der Waals surface area contributed by atoms with Crippen LogP contribution in [-0.4, -0.2) is 19.0 Å². The molecular weight excluding hydrogens is 281 g/mol. The van der Waals surface area contributed by atoms with Crippen molar-refractivity contribution in [3.05, 3.63) is 65.5 Å². The molecule has 2 N–H and O–H groups in total. The highest BCUT2D eigenvalue weighted by Gasteiger charge is 2.01. The number of amides is 1. The maximum Gasteiger partial charge on any atom is 0.239 e. The van der Waals surface area contributed by atoms with Crippen LogP contribution in [0, 0.1) is 17.1 Å². The summed E-state index contributed by atoms with van der Waals surface area (Å²) in [5, 5.41) is 14.5. The summed E-state index contributed by atoms with van der Waals surface area (Å²) in [7, 11) is 0. The molecular formula is C17H16FN3O. The van der Waals surface area contributed by atoms with Gasteiger partial charge < -0.3 is 10.6 Å². The first-order chi connectivity index (χ1) is 10.7. The Morgan fingerprint density at radius 1 is 1.09 bits per heavy atom. The first kappa shape index (κ1) is 15.5. The van der Waals surface area contributed by atoms with Gasteiger partial charge in [0.05, 0.1) is 18.2 Å². The summed E-state index contributed by atoms with van der Waals surface area (Å²) >= 11 is 0. The smallest absolute Gasteiger partial charge is 0.239 e. The Labute approximate surface area is 128 Å². The second-order valence-electron chi connectivity index (χ2n) is 4.77. The molecule has 0 fully saturated rings. The predicted molar refractivity (Wildman–Crippen MR) is 82.8 cm³/mol. The molecule has 2 aromatic rings. The first-order valence-electron chi connectivity index (χ1n) is 6.92. The van der Waals surface area contributed by atoms with Gasteiger partial charge in [0.25, 0.3) is 0 Å². The summed E-state index contributed by atoms with van der Waals surface area (Å²) in [6.07, 6.45) is 0.656. The van der Waals surface area contributed by atoms with Crippen LogP contribution in [0.15, 0.2) is 48.5 Å². The van der Waals surface area contributed by atoms with Crippen LogP contribution in [0.2, 0.25) is 0 Å². The number of nitrogens with zero attached hydrogens (tertiary/aromatic N) is 1. The summed E-state index contributed by atoms with van der Waals surface area (Å²) in [6, 6.07) is 15.1. The minimum absolute atomic E-state index is 0.119. The van der Waals surface area contributed by atoms with E-state index >= 15 is 0 Å². The molecule has 0 saturated carbocycles. The minimum Gasteiger partial charge on any atom is -0.376 e. The molecule has 0 atom stereocenters. The largest absolute Gasteiger partial charge is 0.376 e. The van der Waals surface area contributed by atoms with E-state index in [4.69, 9.17) is 5.26 Å². The molecule has 0 aromatic heterocycles. The highest BCUT2D eigenvalue weighted by molar-refractivity contribution is 5.80. The third-order valence-corrected chi connectivity index (χ3v) is 3.12. The number of nitrogens with one attached hydrogen (secondary N) is 2. The van der Waals surface area contributed by atoms with Crippen LogP contribution in [-0.2, 0) is 11.2 Å². The van der Waals surface area contributed by atoms with Crippen molar-refractivity contribution in [2.24, 2.45) is 0 Å². The lowest BCUT2D eigenvalue weighted by molar-refractivity contribution is -0.119. The molecule has 0 aliphatic heterocycles. The number of carbonyl (C=O) groups excluding carboxylic acids is 1. The van der Waals surface area contributed by atoms with Gasteiger partial charge in [-0.25, -0.2) is 4.39 Å². The summed E-state index contributed by atoms with van der Waals surface area (Å²) < 4.78 is 12.8. The Kier molecular flexibility index (Phi) is 5.50. The van der Waals surface area contributed by atoms with Gasteiger partial charge in [0.2, 0.25) is 5.91 Å². The lowest BCUT2D eigenvalue weighted by Crippen LogP contribution is -2.31. The molecule has 0 radical (unpaired) electrons. The van der Waals surface area contributed by atoms with Crippen molar-refractivity contribution >= 4 is 11.6 Å². The number of anilines is 1. The van der Waals surface area contributed by atoms with Crippen LogP contribution < -0.4 is 10.6 Å². The van der Waals surface area contributed by atoms with Crippen molar-refractivity contribution in [3.8, 4) is 6.07 Å². The zero-order valence-corrected chi connectivity index (χ0v) is 12.0. The average Bonchev–Trinajstić information content (AvgIpc) is 2.55. The molecule has 112 valence electrons. The number of carbonyl (C=O) groups is 1. The quantitative estimate of drug-likeness (QED) is 0.861. The number of halogens is 1. The van der Waals surface area contributed by atoms with E-state index in [0.29, 0.717) is 18.5 Å². The average molecular weight is 297 g/mol. The number of nitriles is 1. The van der Waals surface area contributed by atoms with Crippen LogP contribution in [0.4, 0.5) is 10.1 Å². The molecule has 4 nitrogen and oxygen atoms in total. The molecule has 2 rings (SSSR count). The molecule has 0 aliphatic rings. The van der Waals surface area contributed by atoms with E-state index in [2.05, 4.69) is 10.6 Å². The molecule has 0 unspecified atom stereocenters. The summed E-state index contributed by atoms with van der Waals surface area (Å²) in [5.74, 6) is -0.383. The number of rotatable bonds is 6. The van der Waals surface area contributed by atoms with Gasteiger partial charge in [-0.2, -0.15) is 5.26 Å². The third-order valence-electron chi connectivity index (χ3n) is 3.12. The minimum atomic E-state index is -0.264. The first-order valence-corrected chi connectivity index (χ1v) is 6.92. The van der Waals surface area contributed by atoms with Crippen molar-refractivity contribution in [3.63, 3.8) is 0 Å². The van der Waals surface area contributed by atoms with E-state index in [1.54, 1.807) is 36.4 Å². The zero-order valence-electron chi connectivity index (χ0n) is 12.0. The fourth-order valence-corrected chi connectivity index (χ4v) is 1.90. The van der Waals surface area contributed by atoms with Crippen LogP contribution in [0.3, 0.4) is 0 Å². The van der Waals surface area contributed by atoms with E-state index in [9.17, 15) is 9.18 Å². The van der Waals surface area contributed by atoms with Gasteiger partial charge >= 0.3 is 0 Å². The number of hydrogen-bond donors (Lipinski definition) is 2. The van der Waals surface area contributed by atoms with E-state index in [1.165, 1.54) is 12.1 Å². The van der Waals surface area contributed by atoms with Crippen molar-refractivity contribution in [2.45, 2.75) is 6.42 Å². The molecule has 0 aliphatic carbocycles. The maximum atomic E-state index is 12.8. The van der Waals surface area contributed by atoms with Crippen LogP contribution in [0.25, 0.3) is 0 Å². The molecule has 0 heterocycles. The summed E-state index contributed by atoms with van der Waals surface area (Å²) in [5.41, 5.74) is 2.34. The van der Waals surface area contributed by atoms with Crippen molar-refractivity contribution in [1.82, 2.24) is 5.32 Å². The fourth-order valence-electron chi connectivity index (χ4n) is 1.90. The standard InChI is InChI=1S/C17H16FN3O/c18-15-5-1-13(2-6-15)9-10-20-17(22)12-21-16-7-3-14(11-19)4-8-16/h1-8,21H,9-10,12H2,(H,20,22). The Morgan fingerprint density at radius 2 is 1.77 bits per heavy atom. The predicted octanol–water partition coefficient (Wildman–Crippen LogP) is 2.47. The van der Waals surface area contributed by atoms with Gasteiger partial charge in [-0.1, -0.05) is 12.1 Å². The lowest BCUT2D eigenvalue weighted by atomic mass is 10.1. The van der Waals surface area contributed by atoms with Crippen molar-refractivity contribution in [1.29, 1.82) is 5.26 Å². The summed E-state index contributed by atoms with van der Waals surface area (Å²) in [6.45, 7) is 0.662. The van der Waals surface area contributed by atoms with Gasteiger partial charge in [0.1, 0.15) is 5.82 Å². The molecule has 5 heteroatoms. The van der Waals surface area contributed by atoms with Gasteiger partial charge in [-0.05, 0) is 48.4 Å². The molecule has 1 amide bonds. The topological polar surface area (TPSA) is 64.9 Å². The van der Waals surface area contributed by atoms with Gasteiger partial charge in [-0.15, -0.1) is 0 Å². The molecule has 0 spiro atoms. The Bertz CT molecular complexity index is 660. The molecule has 0 bridgehead atoms. The van der Waals surface area contributed by atoms with E-state index < -0.39 is 0 Å². The second-order valence-corrected chi connectivity index (χ2v) is 4.77. The monoisotopic (exact) mass is 297 g/mol. The molecule has 22 heavy (non-hydrogen) atoms. The molecule has 2 aromatic carbocycles. The summed E-state index contributed by atoms with van der Waals surface area (Å²) in [4.78, 5) is 11.7. The van der Waals surface area contributed by atoms with Gasteiger partial charge in [-0.3, -0.25) is 4.79 Å². The van der Waals surface area contributed by atoms with Crippen molar-refractivity contribution < 1.29 is 9.18 Å². The number of hydrogen-bond acceptors (Lipinski definition) is 3. The normalized spacial score (nSPS) is 9.82. The second kappa shape index (κ2) is 7.79. The molecule has 0 saturated heterocycles. The Balaban J connectivity index is 1.69. The maximum absolute atomic E-state index is 12.8. The van der Waals surface area contributed by atoms with E-state index in [-0.39, 0.29) is 18.3 Å². The Hall–Kier alpha value is -2.87. The lowest BCUT2D eigenvalue weighted by Gasteiger charge is -2.08. The van der Waals surface area contributed by atoms with Crippen LogP contribution in [0.5, 0.6) is 0 Å². The van der Waals surface area contributed by atoms with Gasteiger partial charge in [0, 0.05) is 12.2 Å². The number of benzene rings is 2. The van der Waals surface area contributed by atoms with E-state index in [1.807, 2.05) is 6.07 Å². The van der Waals surface area contributed by atoms with Crippen LogP contribution in [0.1, 0.15) is 11.1 Å². The van der Waals surface area contributed by atoms with E-state index in [0.717, 1.165) is 11.3 Å². The highest BCUT2D eigenvalue weighted by atomic mass is 19.1. The van der Waals surface area contributed by atoms with Crippen LogP contribution >= 0.6 is 0 Å². The van der Waals surface area contributed by atoms with Crippen molar-refractivity contribution in [2.75, 3.05) is 18.4 Å². The highest BCUT2D eigenvalue weighted by Crippen LogP contribution is 2.08. The zero-order chi connectivity index (χ0) is 15.8. The third kappa shape index (κ3) is 4.91. The fraction of sp³-hybridized carbons (Fsp3) is 0.176. The SMILES string of the molecule is N#Cc1ccc(NCC(=O)NCCc2ccc(F)cc2)cc1.